The number of hydrogen-bond donors (Lipinski definition) is 1. The van der Waals surface area contributed by atoms with E-state index in [-0.39, 0.29) is 18.6 Å². The van der Waals surface area contributed by atoms with Crippen LogP contribution in [-0.2, 0) is 23.9 Å². The van der Waals surface area contributed by atoms with Crippen LogP contribution in [0.25, 0.3) is 0 Å². The summed E-state index contributed by atoms with van der Waals surface area (Å²) in [5.74, 6) is -2.22. The summed E-state index contributed by atoms with van der Waals surface area (Å²) < 4.78 is 10.3. The Labute approximate surface area is 206 Å². The van der Waals surface area contributed by atoms with E-state index in [1.807, 2.05) is 0 Å². The largest absolute Gasteiger partial charge is 0.469 e. The van der Waals surface area contributed by atoms with Gasteiger partial charge >= 0.3 is 11.9 Å². The van der Waals surface area contributed by atoms with E-state index < -0.39 is 29.6 Å². The summed E-state index contributed by atoms with van der Waals surface area (Å²) >= 11 is 0. The van der Waals surface area contributed by atoms with Crippen molar-refractivity contribution in [3.8, 4) is 0 Å². The molecule has 0 aromatic carbocycles. The van der Waals surface area contributed by atoms with Crippen molar-refractivity contribution in [3.05, 3.63) is 12.2 Å². The molecule has 1 aliphatic rings. The molecule has 1 rings (SSSR count). The first-order valence-electron chi connectivity index (χ1n) is 13.5. The van der Waals surface area contributed by atoms with E-state index in [2.05, 4.69) is 6.92 Å². The van der Waals surface area contributed by atoms with Gasteiger partial charge in [-0.05, 0) is 19.4 Å². The van der Waals surface area contributed by atoms with Crippen molar-refractivity contribution in [2.24, 2.45) is 5.92 Å². The number of carbonyl (C=O) groups is 3. The highest BCUT2D eigenvalue weighted by Gasteiger charge is 2.50. The van der Waals surface area contributed by atoms with E-state index in [4.69, 9.17) is 9.47 Å². The molecule has 6 heteroatoms. The molecule has 0 saturated carbocycles. The zero-order valence-corrected chi connectivity index (χ0v) is 21.8. The fraction of sp³-hybridized carbons (Fsp3) is 0.821. The van der Waals surface area contributed by atoms with Crippen molar-refractivity contribution in [2.75, 3.05) is 7.11 Å². The lowest BCUT2D eigenvalue weighted by molar-refractivity contribution is -0.165. The fourth-order valence-corrected chi connectivity index (χ4v) is 4.66. The molecule has 0 spiro atoms. The Kier molecular flexibility index (Phi) is 15.8. The maximum atomic E-state index is 12.4. The number of Topliss-reactive ketones (excluding diaryl/α,β-unsaturated/α-hetero) is 1. The molecule has 1 N–H and O–H groups in total. The number of hydrogen-bond acceptors (Lipinski definition) is 6. The van der Waals surface area contributed by atoms with Crippen molar-refractivity contribution < 1.29 is 29.0 Å². The minimum Gasteiger partial charge on any atom is -0.469 e. The molecule has 0 fully saturated rings. The monoisotopic (exact) mass is 480 g/mol. The third-order valence-electron chi connectivity index (χ3n) is 6.78. The molecular weight excluding hydrogens is 432 g/mol. The minimum atomic E-state index is -1.38. The van der Waals surface area contributed by atoms with Gasteiger partial charge in [-0.25, -0.2) is 0 Å². The van der Waals surface area contributed by atoms with Crippen molar-refractivity contribution in [2.45, 2.75) is 135 Å². The summed E-state index contributed by atoms with van der Waals surface area (Å²) in [4.78, 5) is 35.5. The van der Waals surface area contributed by atoms with Gasteiger partial charge in [-0.1, -0.05) is 103 Å². The topological polar surface area (TPSA) is 89.9 Å². The number of ether oxygens (including phenoxy) is 2. The van der Waals surface area contributed by atoms with Gasteiger partial charge in [0.15, 0.2) is 0 Å². The van der Waals surface area contributed by atoms with Crippen LogP contribution >= 0.6 is 0 Å². The number of unbranched alkanes of at least 4 members (excludes halogenated alkanes) is 13. The maximum absolute atomic E-state index is 12.4. The summed E-state index contributed by atoms with van der Waals surface area (Å²) in [7, 11) is 1.27. The Balaban J connectivity index is 2.24. The van der Waals surface area contributed by atoms with Crippen LogP contribution < -0.4 is 0 Å². The summed E-state index contributed by atoms with van der Waals surface area (Å²) in [6.45, 7) is 3.66. The first kappa shape index (κ1) is 30.3. The minimum absolute atomic E-state index is 0.0368. The standard InChI is InChI=1S/C28H48O6/c1-4-5-6-7-8-9-10-11-12-13-14-15-16-17-21-28(32)22-20-24(26(28)27(31)33-3)34-25(30)19-18-23(2)29/h20,22,24,26,32H,4-19,21H2,1-3H3/t24?,26-,28-/m0/s1. The van der Waals surface area contributed by atoms with Gasteiger partial charge in [0.05, 0.1) is 13.5 Å². The van der Waals surface area contributed by atoms with Gasteiger partial charge in [0, 0.05) is 6.42 Å². The quantitative estimate of drug-likeness (QED) is 0.126. The molecule has 0 saturated heterocycles. The maximum Gasteiger partial charge on any atom is 0.316 e. The average Bonchev–Trinajstić information content (AvgIpc) is 3.13. The average molecular weight is 481 g/mol. The first-order chi connectivity index (χ1) is 16.3. The van der Waals surface area contributed by atoms with Crippen molar-refractivity contribution in [3.63, 3.8) is 0 Å². The van der Waals surface area contributed by atoms with Crippen molar-refractivity contribution in [1.82, 2.24) is 0 Å². The number of carbonyl (C=O) groups excluding carboxylic acids is 3. The van der Waals surface area contributed by atoms with E-state index >= 15 is 0 Å². The molecule has 34 heavy (non-hydrogen) atoms. The number of methoxy groups -OCH3 is 1. The highest BCUT2D eigenvalue weighted by Crippen LogP contribution is 2.37. The normalized spacial score (nSPS) is 21.5. The van der Waals surface area contributed by atoms with Crippen LogP contribution in [0.4, 0.5) is 0 Å². The van der Waals surface area contributed by atoms with Crippen LogP contribution in [0, 0.1) is 5.92 Å². The molecular formula is C28H48O6. The lowest BCUT2D eigenvalue weighted by atomic mass is 9.84. The zero-order chi connectivity index (χ0) is 25.2. The van der Waals surface area contributed by atoms with Crippen LogP contribution in [0.3, 0.4) is 0 Å². The van der Waals surface area contributed by atoms with E-state index in [1.165, 1.54) is 84.7 Å². The molecule has 6 nitrogen and oxygen atoms in total. The Hall–Kier alpha value is -1.69. The molecule has 3 atom stereocenters. The Morgan fingerprint density at radius 3 is 1.79 bits per heavy atom. The van der Waals surface area contributed by atoms with Gasteiger partial charge in [-0.2, -0.15) is 0 Å². The van der Waals surface area contributed by atoms with Crippen LogP contribution in [0.15, 0.2) is 12.2 Å². The zero-order valence-electron chi connectivity index (χ0n) is 21.8. The molecule has 0 heterocycles. The molecule has 1 unspecified atom stereocenters. The summed E-state index contributed by atoms with van der Waals surface area (Å²) in [6.07, 6.45) is 20.2. The predicted octanol–water partition coefficient (Wildman–Crippen LogP) is 6.23. The molecule has 1 aliphatic carbocycles. The second-order valence-electron chi connectivity index (χ2n) is 9.85. The Morgan fingerprint density at radius 2 is 1.32 bits per heavy atom. The van der Waals surface area contributed by atoms with Crippen molar-refractivity contribution in [1.29, 1.82) is 0 Å². The molecule has 0 amide bonds. The molecule has 0 aromatic heterocycles. The van der Waals surface area contributed by atoms with Crippen LogP contribution in [0.1, 0.15) is 123 Å². The second kappa shape index (κ2) is 17.7. The predicted molar refractivity (Wildman–Crippen MR) is 134 cm³/mol. The van der Waals surface area contributed by atoms with Gasteiger partial charge in [-0.15, -0.1) is 0 Å². The highest BCUT2D eigenvalue weighted by atomic mass is 16.6. The smallest absolute Gasteiger partial charge is 0.316 e. The Bertz CT molecular complexity index is 628. The van der Waals surface area contributed by atoms with Crippen LogP contribution in [0.5, 0.6) is 0 Å². The number of esters is 2. The second-order valence-corrected chi connectivity index (χ2v) is 9.85. The Morgan fingerprint density at radius 1 is 0.824 bits per heavy atom. The summed E-state index contributed by atoms with van der Waals surface area (Å²) in [5, 5.41) is 11.1. The number of aliphatic hydroxyl groups is 1. The molecule has 0 aliphatic heterocycles. The van der Waals surface area contributed by atoms with E-state index in [0.717, 1.165) is 19.3 Å². The fourth-order valence-electron chi connectivity index (χ4n) is 4.66. The van der Waals surface area contributed by atoms with Gasteiger partial charge in [0.1, 0.15) is 23.4 Å². The van der Waals surface area contributed by atoms with Crippen LogP contribution in [0.2, 0.25) is 0 Å². The summed E-state index contributed by atoms with van der Waals surface area (Å²) in [6, 6.07) is 0. The third kappa shape index (κ3) is 12.1. The van der Waals surface area contributed by atoms with Gasteiger partial charge in [-0.3, -0.25) is 9.59 Å². The van der Waals surface area contributed by atoms with Gasteiger partial charge < -0.3 is 19.4 Å². The lowest BCUT2D eigenvalue weighted by Crippen LogP contribution is -2.44. The van der Waals surface area contributed by atoms with Gasteiger partial charge in [0.25, 0.3) is 0 Å². The van der Waals surface area contributed by atoms with Gasteiger partial charge in [0.2, 0.25) is 0 Å². The molecule has 0 aromatic rings. The van der Waals surface area contributed by atoms with E-state index in [0.29, 0.717) is 6.42 Å². The third-order valence-corrected chi connectivity index (χ3v) is 6.78. The van der Waals surface area contributed by atoms with E-state index in [1.54, 1.807) is 12.2 Å². The SMILES string of the molecule is CCCCCCCCCCCCCCCC[C@]1(O)C=CC(OC(=O)CCC(C)=O)[C@H]1C(=O)OC. The molecule has 0 radical (unpaired) electrons. The summed E-state index contributed by atoms with van der Waals surface area (Å²) in [5.41, 5.74) is -1.38. The molecule has 0 bridgehead atoms. The number of ketones is 1. The van der Waals surface area contributed by atoms with Crippen molar-refractivity contribution >= 4 is 17.7 Å². The highest BCUT2D eigenvalue weighted by molar-refractivity contribution is 5.82. The molecule has 196 valence electrons. The lowest BCUT2D eigenvalue weighted by Gasteiger charge is -2.30. The van der Waals surface area contributed by atoms with E-state index in [9.17, 15) is 19.5 Å². The number of rotatable bonds is 20. The van der Waals surface area contributed by atoms with Crippen LogP contribution in [-0.4, -0.2) is 41.6 Å². The first-order valence-corrected chi connectivity index (χ1v) is 13.5.